The molecule has 158 valence electrons. The second-order valence-corrected chi connectivity index (χ2v) is 6.37. The summed E-state index contributed by atoms with van der Waals surface area (Å²) < 4.78 is 10.4. The highest BCUT2D eigenvalue weighted by atomic mass is 16.6. The Hall–Kier alpha value is -3.68. The predicted molar refractivity (Wildman–Crippen MR) is 114 cm³/mol. The number of rotatable bonds is 10. The molecule has 0 saturated carbocycles. The van der Waals surface area contributed by atoms with Crippen molar-refractivity contribution in [1.82, 2.24) is 0 Å². The number of benzene rings is 2. The molecule has 2 rings (SSSR count). The van der Waals surface area contributed by atoms with Crippen molar-refractivity contribution >= 4 is 29.3 Å². The number of nitrogens with one attached hydrogen (secondary N) is 1. The number of esters is 1. The van der Waals surface area contributed by atoms with E-state index < -0.39 is 16.8 Å². The van der Waals surface area contributed by atoms with Crippen LogP contribution in [-0.2, 0) is 9.53 Å². The lowest BCUT2D eigenvalue weighted by atomic mass is 10.1. The SMILES string of the molecule is CCCOC(=O)c1ccc(NC(=O)/C=C/c2ccc(OCCC)c([N+](=O)[O-])c2)cc1. The molecule has 0 aromatic heterocycles. The molecule has 0 aliphatic heterocycles. The van der Waals surface area contributed by atoms with Crippen LogP contribution in [0.5, 0.6) is 5.75 Å². The standard InChI is InChI=1S/C22H24N2O6/c1-3-13-29-20-11-5-16(15-19(20)24(27)28)6-12-21(25)23-18-9-7-17(8-10-18)22(26)30-14-4-2/h5-12,15H,3-4,13-14H2,1-2H3,(H,23,25)/b12-6+. The summed E-state index contributed by atoms with van der Waals surface area (Å²) in [5, 5.41) is 13.9. The second-order valence-electron chi connectivity index (χ2n) is 6.37. The molecule has 8 heteroatoms. The van der Waals surface area contributed by atoms with Crippen LogP contribution in [-0.4, -0.2) is 30.0 Å². The van der Waals surface area contributed by atoms with Crippen molar-refractivity contribution in [3.8, 4) is 5.75 Å². The quantitative estimate of drug-likeness (QED) is 0.264. The van der Waals surface area contributed by atoms with Crippen LogP contribution in [0.15, 0.2) is 48.5 Å². The first-order valence-corrected chi connectivity index (χ1v) is 9.62. The lowest BCUT2D eigenvalue weighted by molar-refractivity contribution is -0.385. The molecular weight excluding hydrogens is 388 g/mol. The van der Waals surface area contributed by atoms with Crippen molar-refractivity contribution in [1.29, 1.82) is 0 Å². The first kappa shape index (κ1) is 22.6. The third-order valence-corrected chi connectivity index (χ3v) is 3.89. The van der Waals surface area contributed by atoms with E-state index in [-0.39, 0.29) is 11.4 Å². The highest BCUT2D eigenvalue weighted by Gasteiger charge is 2.15. The van der Waals surface area contributed by atoms with E-state index in [0.717, 1.165) is 12.8 Å². The van der Waals surface area contributed by atoms with Gasteiger partial charge in [-0.05, 0) is 54.8 Å². The van der Waals surface area contributed by atoms with Gasteiger partial charge in [0.1, 0.15) is 0 Å². The molecule has 0 bridgehead atoms. The Morgan fingerprint density at radius 1 is 1.07 bits per heavy atom. The molecule has 2 aromatic rings. The van der Waals surface area contributed by atoms with Gasteiger partial charge in [-0.2, -0.15) is 0 Å². The molecule has 2 aromatic carbocycles. The summed E-state index contributed by atoms with van der Waals surface area (Å²) in [6.07, 6.45) is 4.22. The van der Waals surface area contributed by atoms with Crippen LogP contribution in [0.4, 0.5) is 11.4 Å². The summed E-state index contributed by atoms with van der Waals surface area (Å²) in [5.74, 6) is -0.631. The number of hydrogen-bond donors (Lipinski definition) is 1. The average molecular weight is 412 g/mol. The van der Waals surface area contributed by atoms with E-state index in [1.807, 2.05) is 13.8 Å². The van der Waals surface area contributed by atoms with Crippen molar-refractivity contribution in [2.45, 2.75) is 26.7 Å². The molecule has 1 amide bonds. The Kier molecular flexibility index (Phi) is 8.56. The van der Waals surface area contributed by atoms with E-state index in [9.17, 15) is 19.7 Å². The van der Waals surface area contributed by atoms with Crippen molar-refractivity contribution in [3.63, 3.8) is 0 Å². The number of hydrogen-bond acceptors (Lipinski definition) is 6. The van der Waals surface area contributed by atoms with Gasteiger partial charge in [0, 0.05) is 17.8 Å². The van der Waals surface area contributed by atoms with Gasteiger partial charge in [-0.1, -0.05) is 19.9 Å². The maximum Gasteiger partial charge on any atom is 0.338 e. The highest BCUT2D eigenvalue weighted by Crippen LogP contribution is 2.28. The Morgan fingerprint density at radius 2 is 1.77 bits per heavy atom. The molecule has 0 aliphatic rings. The zero-order valence-corrected chi connectivity index (χ0v) is 16.9. The topological polar surface area (TPSA) is 108 Å². The van der Waals surface area contributed by atoms with E-state index in [0.29, 0.717) is 30.0 Å². The number of amides is 1. The van der Waals surface area contributed by atoms with Crippen LogP contribution >= 0.6 is 0 Å². The van der Waals surface area contributed by atoms with E-state index in [1.165, 1.54) is 24.3 Å². The van der Waals surface area contributed by atoms with Gasteiger partial charge >= 0.3 is 11.7 Å². The summed E-state index contributed by atoms with van der Waals surface area (Å²) in [6.45, 7) is 4.55. The van der Waals surface area contributed by atoms with Crippen LogP contribution in [0.25, 0.3) is 6.08 Å². The molecule has 8 nitrogen and oxygen atoms in total. The first-order valence-electron chi connectivity index (χ1n) is 9.62. The number of carbonyl (C=O) groups is 2. The monoisotopic (exact) mass is 412 g/mol. The zero-order chi connectivity index (χ0) is 21.9. The lowest BCUT2D eigenvalue weighted by Gasteiger charge is -2.06. The Labute approximate surface area is 174 Å². The van der Waals surface area contributed by atoms with Gasteiger partial charge in [-0.15, -0.1) is 0 Å². The van der Waals surface area contributed by atoms with Gasteiger partial charge in [0.05, 0.1) is 23.7 Å². The van der Waals surface area contributed by atoms with Gasteiger partial charge < -0.3 is 14.8 Å². The fourth-order valence-corrected chi connectivity index (χ4v) is 2.44. The Bertz CT molecular complexity index is 922. The number of nitro benzene ring substituents is 1. The second kappa shape index (κ2) is 11.4. The fourth-order valence-electron chi connectivity index (χ4n) is 2.44. The average Bonchev–Trinajstić information content (AvgIpc) is 2.75. The van der Waals surface area contributed by atoms with Crippen LogP contribution in [0.3, 0.4) is 0 Å². The smallest absolute Gasteiger partial charge is 0.338 e. The number of ether oxygens (including phenoxy) is 2. The van der Waals surface area contributed by atoms with Gasteiger partial charge in [0.15, 0.2) is 5.75 Å². The molecule has 1 N–H and O–H groups in total. The molecule has 0 fully saturated rings. The summed E-state index contributed by atoms with van der Waals surface area (Å²) >= 11 is 0. The number of nitrogens with zero attached hydrogens (tertiary/aromatic N) is 1. The van der Waals surface area contributed by atoms with E-state index in [2.05, 4.69) is 5.32 Å². The van der Waals surface area contributed by atoms with Crippen LogP contribution < -0.4 is 10.1 Å². The molecule has 0 saturated heterocycles. The van der Waals surface area contributed by atoms with Gasteiger partial charge in [-0.25, -0.2) is 4.79 Å². The Balaban J connectivity index is 2.01. The van der Waals surface area contributed by atoms with Crippen molar-refractivity contribution in [2.24, 2.45) is 0 Å². The molecule has 0 heterocycles. The number of carbonyl (C=O) groups excluding carboxylic acids is 2. The summed E-state index contributed by atoms with van der Waals surface area (Å²) in [4.78, 5) is 34.6. The molecule has 0 aliphatic carbocycles. The summed E-state index contributed by atoms with van der Waals surface area (Å²) in [5.41, 5.74) is 1.24. The highest BCUT2D eigenvalue weighted by molar-refractivity contribution is 6.02. The lowest BCUT2D eigenvalue weighted by Crippen LogP contribution is -2.09. The third kappa shape index (κ3) is 6.73. The van der Waals surface area contributed by atoms with Gasteiger partial charge in [0.25, 0.3) is 0 Å². The molecule has 0 spiro atoms. The zero-order valence-electron chi connectivity index (χ0n) is 16.9. The molecule has 30 heavy (non-hydrogen) atoms. The van der Waals surface area contributed by atoms with E-state index in [4.69, 9.17) is 9.47 Å². The molecule has 0 atom stereocenters. The maximum atomic E-state index is 12.1. The number of nitro groups is 1. The third-order valence-electron chi connectivity index (χ3n) is 3.89. The fraction of sp³-hybridized carbons (Fsp3) is 0.273. The normalized spacial score (nSPS) is 10.6. The predicted octanol–water partition coefficient (Wildman–Crippen LogP) is 4.60. The first-order chi connectivity index (χ1) is 14.4. The minimum Gasteiger partial charge on any atom is -0.487 e. The largest absolute Gasteiger partial charge is 0.487 e. The van der Waals surface area contributed by atoms with Crippen LogP contribution in [0, 0.1) is 10.1 Å². The molecular formula is C22H24N2O6. The minimum absolute atomic E-state index is 0.156. The van der Waals surface area contributed by atoms with Crippen molar-refractivity contribution in [3.05, 3.63) is 69.8 Å². The molecule has 0 unspecified atom stereocenters. The molecule has 0 radical (unpaired) electrons. The summed E-state index contributed by atoms with van der Waals surface area (Å²) in [6, 6.07) is 10.8. The Morgan fingerprint density at radius 3 is 2.40 bits per heavy atom. The summed E-state index contributed by atoms with van der Waals surface area (Å²) in [7, 11) is 0. The van der Waals surface area contributed by atoms with Crippen molar-refractivity contribution in [2.75, 3.05) is 18.5 Å². The van der Waals surface area contributed by atoms with E-state index in [1.54, 1.807) is 30.3 Å². The van der Waals surface area contributed by atoms with E-state index >= 15 is 0 Å². The van der Waals surface area contributed by atoms with Crippen LogP contribution in [0.1, 0.15) is 42.6 Å². The van der Waals surface area contributed by atoms with Gasteiger partial charge in [-0.3, -0.25) is 14.9 Å². The maximum absolute atomic E-state index is 12.1. The van der Waals surface area contributed by atoms with Gasteiger partial charge in [0.2, 0.25) is 5.91 Å². The number of anilines is 1. The minimum atomic E-state index is -0.518. The van der Waals surface area contributed by atoms with Crippen LogP contribution in [0.2, 0.25) is 0 Å². The van der Waals surface area contributed by atoms with Crippen molar-refractivity contribution < 1.29 is 24.0 Å².